The monoisotopic (exact) mass is 386 g/mol. The normalized spacial score (nSPS) is 10.3. The Balaban J connectivity index is 0.00000180. The van der Waals surface area contributed by atoms with E-state index in [0.717, 1.165) is 5.92 Å². The molecule has 0 saturated heterocycles. The summed E-state index contributed by atoms with van der Waals surface area (Å²) >= 11 is -0.0179. The van der Waals surface area contributed by atoms with Crippen LogP contribution in [0.25, 0.3) is 0 Å². The van der Waals surface area contributed by atoms with E-state index >= 15 is 0 Å². The average molecular weight is 387 g/mol. The molecule has 0 nitrogen and oxygen atoms in total. The van der Waals surface area contributed by atoms with Gasteiger partial charge in [-0.2, -0.15) is 0 Å². The second kappa shape index (κ2) is 7.91. The van der Waals surface area contributed by atoms with Crippen LogP contribution >= 0.6 is 0 Å². The van der Waals surface area contributed by atoms with Crippen LogP contribution in [0.4, 0.5) is 0 Å². The Morgan fingerprint density at radius 3 is 1.79 bits per heavy atom. The topological polar surface area (TPSA) is 0 Å². The number of benzene rings is 2. The lowest BCUT2D eigenvalue weighted by molar-refractivity contribution is -0.597. The van der Waals surface area contributed by atoms with Crippen LogP contribution in [0, 0.1) is 20.0 Å². The summed E-state index contributed by atoms with van der Waals surface area (Å²) in [7, 11) is 0. The van der Waals surface area contributed by atoms with Crippen molar-refractivity contribution in [3.63, 3.8) is 0 Å². The zero-order valence-corrected chi connectivity index (χ0v) is 14.6. The Hall–Kier alpha value is -0.540. The fourth-order valence-electron chi connectivity index (χ4n) is 1.88. The summed E-state index contributed by atoms with van der Waals surface area (Å²) in [6.07, 6.45) is 1.18. The van der Waals surface area contributed by atoms with Crippen molar-refractivity contribution < 1.29 is 33.6 Å². The highest BCUT2D eigenvalue weighted by molar-refractivity contribution is 5.15. The Bertz CT molecular complexity index is 486. The molecule has 0 aliphatic carbocycles. The van der Waals surface area contributed by atoms with Crippen LogP contribution in [-0.4, -0.2) is 0 Å². The van der Waals surface area contributed by atoms with Gasteiger partial charge in [0.2, 0.25) is 0 Å². The minimum Gasteiger partial charge on any atom is -1.00 e. The minimum absolute atomic E-state index is 0. The van der Waals surface area contributed by atoms with Gasteiger partial charge in [-0.15, -0.1) is 0 Å². The molecule has 0 aliphatic heterocycles. The van der Waals surface area contributed by atoms with Crippen molar-refractivity contribution >= 4 is 0 Å². The van der Waals surface area contributed by atoms with E-state index in [-0.39, 0.29) is 33.6 Å². The van der Waals surface area contributed by atoms with E-state index in [1.165, 1.54) is 24.7 Å². The number of aryl methyl sites for hydroxylation is 1. The lowest BCUT2D eigenvalue weighted by atomic mass is 10.0. The highest BCUT2D eigenvalue weighted by atomic mass is 127. The van der Waals surface area contributed by atoms with Crippen molar-refractivity contribution in [2.24, 2.45) is 5.92 Å². The predicted octanol–water partition coefficient (Wildman–Crippen LogP) is -1.67. The van der Waals surface area contributed by atoms with Gasteiger partial charge >= 0.3 is 21.2 Å². The van der Waals surface area contributed by atoms with Crippen LogP contribution in [0.5, 0.6) is 0 Å². The molecule has 0 radical (unpaired) electrons. The molecule has 0 saturated carbocycles. The maximum atomic E-state index is 2.31. The molecule has 0 heterocycles. The molecular formula is C17H20ClI. The van der Waals surface area contributed by atoms with E-state index in [2.05, 4.69) is 69.3 Å². The van der Waals surface area contributed by atoms with Crippen LogP contribution in [0.2, 0.25) is 0 Å². The Morgan fingerprint density at radius 1 is 0.842 bits per heavy atom. The summed E-state index contributed by atoms with van der Waals surface area (Å²) in [5.41, 5.74) is 2.80. The van der Waals surface area contributed by atoms with Crippen molar-refractivity contribution in [2.45, 2.75) is 27.2 Å². The molecule has 0 atom stereocenters. The number of halogens is 2. The predicted molar refractivity (Wildman–Crippen MR) is 73.6 cm³/mol. The Kier molecular flexibility index (Phi) is 6.87. The Labute approximate surface area is 133 Å². The standard InChI is InChI=1S/C17H20I.ClH/c1-13(2)12-15-6-10-17(11-7-15)18-16-8-4-14(3)5-9-16;/h4-11,13H,12H2,1-3H3;1H/q+1;/p-1. The van der Waals surface area contributed by atoms with Crippen LogP contribution < -0.4 is 33.6 Å². The van der Waals surface area contributed by atoms with E-state index in [1.54, 1.807) is 0 Å². The average Bonchev–Trinajstić information content (AvgIpc) is 2.34. The molecular weight excluding hydrogens is 367 g/mol. The molecule has 0 bridgehead atoms. The Morgan fingerprint density at radius 2 is 1.32 bits per heavy atom. The SMILES string of the molecule is Cc1ccc([I+]c2ccc(CC(C)C)cc2)cc1.[Cl-]. The van der Waals surface area contributed by atoms with E-state index in [9.17, 15) is 0 Å². The molecule has 102 valence electrons. The van der Waals surface area contributed by atoms with Crippen LogP contribution in [0.1, 0.15) is 25.0 Å². The first kappa shape index (κ1) is 16.5. The maximum absolute atomic E-state index is 2.31. The first-order valence-corrected chi connectivity index (χ1v) is 8.59. The molecule has 2 aromatic carbocycles. The first-order chi connectivity index (χ1) is 8.63. The van der Waals surface area contributed by atoms with Crippen LogP contribution in [0.15, 0.2) is 48.5 Å². The zero-order valence-electron chi connectivity index (χ0n) is 11.7. The van der Waals surface area contributed by atoms with Gasteiger partial charge in [-0.25, -0.2) is 0 Å². The highest BCUT2D eigenvalue weighted by Crippen LogP contribution is 2.06. The number of rotatable bonds is 4. The summed E-state index contributed by atoms with van der Waals surface area (Å²) in [6.45, 7) is 6.68. The third kappa shape index (κ3) is 5.53. The molecule has 0 spiro atoms. The summed E-state index contributed by atoms with van der Waals surface area (Å²) < 4.78 is 3.00. The lowest BCUT2D eigenvalue weighted by Gasteiger charge is -2.03. The molecule has 0 amide bonds. The number of hydrogen-bond acceptors (Lipinski definition) is 0. The van der Waals surface area contributed by atoms with E-state index in [1.807, 2.05) is 0 Å². The third-order valence-electron chi connectivity index (χ3n) is 2.79. The molecule has 0 fully saturated rings. The molecule has 0 N–H and O–H groups in total. The van der Waals surface area contributed by atoms with Gasteiger partial charge in [0.05, 0.1) is 0 Å². The largest absolute Gasteiger partial charge is 1.00 e. The lowest BCUT2D eigenvalue weighted by Crippen LogP contribution is -3.61. The highest BCUT2D eigenvalue weighted by Gasteiger charge is 2.14. The van der Waals surface area contributed by atoms with Crippen LogP contribution in [0.3, 0.4) is 0 Å². The van der Waals surface area contributed by atoms with Gasteiger partial charge in [0, 0.05) is 0 Å². The molecule has 0 aliphatic rings. The van der Waals surface area contributed by atoms with Crippen molar-refractivity contribution in [1.29, 1.82) is 0 Å². The zero-order chi connectivity index (χ0) is 13.0. The molecule has 2 aromatic rings. The van der Waals surface area contributed by atoms with Gasteiger partial charge < -0.3 is 12.4 Å². The molecule has 2 rings (SSSR count). The summed E-state index contributed by atoms with van der Waals surface area (Å²) in [4.78, 5) is 0. The van der Waals surface area contributed by atoms with Gasteiger partial charge in [0.25, 0.3) is 0 Å². The maximum Gasteiger partial charge on any atom is 0.357 e. The van der Waals surface area contributed by atoms with E-state index in [0.29, 0.717) is 0 Å². The summed E-state index contributed by atoms with van der Waals surface area (Å²) in [5.74, 6) is 0.739. The second-order valence-electron chi connectivity index (χ2n) is 5.11. The minimum atomic E-state index is -0.0179. The first-order valence-electron chi connectivity index (χ1n) is 6.44. The molecule has 0 unspecified atom stereocenters. The van der Waals surface area contributed by atoms with Gasteiger partial charge in [0.15, 0.2) is 7.14 Å². The summed E-state index contributed by atoms with van der Waals surface area (Å²) in [5, 5.41) is 0. The van der Waals surface area contributed by atoms with E-state index < -0.39 is 0 Å². The quantitative estimate of drug-likeness (QED) is 0.551. The van der Waals surface area contributed by atoms with E-state index in [4.69, 9.17) is 0 Å². The van der Waals surface area contributed by atoms with Gasteiger partial charge in [0.1, 0.15) is 0 Å². The fraction of sp³-hybridized carbons (Fsp3) is 0.294. The van der Waals surface area contributed by atoms with Crippen molar-refractivity contribution in [3.8, 4) is 0 Å². The fourth-order valence-corrected chi connectivity index (χ4v) is 4.03. The third-order valence-corrected chi connectivity index (χ3v) is 5.47. The van der Waals surface area contributed by atoms with Crippen molar-refractivity contribution in [3.05, 3.63) is 66.8 Å². The molecule has 2 heteroatoms. The van der Waals surface area contributed by atoms with Gasteiger partial charge in [-0.3, -0.25) is 0 Å². The number of hydrogen-bond donors (Lipinski definition) is 0. The smallest absolute Gasteiger partial charge is 0.357 e. The van der Waals surface area contributed by atoms with Crippen molar-refractivity contribution in [1.82, 2.24) is 0 Å². The van der Waals surface area contributed by atoms with Crippen molar-refractivity contribution in [2.75, 3.05) is 0 Å². The molecule has 0 aromatic heterocycles. The second-order valence-corrected chi connectivity index (χ2v) is 8.15. The summed E-state index contributed by atoms with van der Waals surface area (Å²) in [6, 6.07) is 18.2. The molecule has 19 heavy (non-hydrogen) atoms. The van der Waals surface area contributed by atoms with Crippen LogP contribution in [-0.2, 0) is 6.42 Å². The van der Waals surface area contributed by atoms with Gasteiger partial charge in [-0.05, 0) is 49.1 Å². The van der Waals surface area contributed by atoms with Gasteiger partial charge in [-0.1, -0.05) is 43.7 Å².